The minimum atomic E-state index is -0.494. The molecule has 3 aromatic rings. The number of hydrogen-bond donors (Lipinski definition) is 1. The second kappa shape index (κ2) is 6.41. The van der Waals surface area contributed by atoms with E-state index in [-0.39, 0.29) is 11.7 Å². The summed E-state index contributed by atoms with van der Waals surface area (Å²) in [5, 5.41) is 5.05. The molecule has 0 aliphatic heterocycles. The van der Waals surface area contributed by atoms with Gasteiger partial charge in [-0.1, -0.05) is 18.2 Å². The molecular weight excluding hydrogens is 335 g/mol. The summed E-state index contributed by atoms with van der Waals surface area (Å²) in [4.78, 5) is 18.1. The van der Waals surface area contributed by atoms with E-state index in [1.54, 1.807) is 29.7 Å². The molecule has 0 bridgehead atoms. The van der Waals surface area contributed by atoms with E-state index >= 15 is 0 Å². The van der Waals surface area contributed by atoms with Crippen LogP contribution in [0, 0.1) is 5.82 Å². The Bertz CT molecular complexity index is 886. The van der Waals surface area contributed by atoms with E-state index in [1.165, 1.54) is 12.1 Å². The first-order valence-electron chi connectivity index (χ1n) is 8.19. The number of nitrogens with one attached hydrogen (secondary N) is 1. The summed E-state index contributed by atoms with van der Waals surface area (Å²) in [6.45, 7) is 0.438. The number of rotatable bonds is 5. The molecule has 126 valence electrons. The van der Waals surface area contributed by atoms with Gasteiger partial charge in [0.1, 0.15) is 5.82 Å². The van der Waals surface area contributed by atoms with Gasteiger partial charge in [-0.2, -0.15) is 0 Å². The lowest BCUT2D eigenvalue weighted by atomic mass is 9.95. The lowest BCUT2D eigenvalue weighted by Crippen LogP contribution is -2.34. The summed E-state index contributed by atoms with van der Waals surface area (Å²) in [7, 11) is 0. The van der Waals surface area contributed by atoms with Crippen LogP contribution in [0.2, 0.25) is 0 Å². The summed E-state index contributed by atoms with van der Waals surface area (Å²) in [6, 6.07) is 12.4. The molecule has 3 nitrogen and oxygen atoms in total. The van der Waals surface area contributed by atoms with Gasteiger partial charge in [-0.25, -0.2) is 4.39 Å². The van der Waals surface area contributed by atoms with Gasteiger partial charge in [-0.05, 0) is 53.6 Å². The van der Waals surface area contributed by atoms with Crippen LogP contribution in [0.3, 0.4) is 0 Å². The lowest BCUT2D eigenvalue weighted by Gasteiger charge is -2.16. The fourth-order valence-electron chi connectivity index (χ4n) is 3.05. The Kier molecular flexibility index (Phi) is 4.09. The van der Waals surface area contributed by atoms with Crippen LogP contribution >= 0.6 is 11.3 Å². The van der Waals surface area contributed by atoms with Crippen LogP contribution in [0.15, 0.2) is 60.2 Å². The highest BCUT2D eigenvalue weighted by Crippen LogP contribution is 2.48. The highest BCUT2D eigenvalue weighted by Gasteiger charge is 2.51. The molecule has 2 aromatic heterocycles. The van der Waals surface area contributed by atoms with Gasteiger partial charge in [-0.15, -0.1) is 11.3 Å². The number of carbonyl (C=O) groups excluding carboxylic acids is 1. The van der Waals surface area contributed by atoms with Gasteiger partial charge in [0, 0.05) is 29.4 Å². The fourth-order valence-corrected chi connectivity index (χ4v) is 3.76. The summed E-state index contributed by atoms with van der Waals surface area (Å²) >= 11 is 1.66. The Morgan fingerprint density at radius 2 is 2.00 bits per heavy atom. The molecule has 1 aliphatic carbocycles. The zero-order valence-corrected chi connectivity index (χ0v) is 14.4. The first kappa shape index (κ1) is 16.0. The van der Waals surface area contributed by atoms with Gasteiger partial charge in [0.2, 0.25) is 5.91 Å². The fraction of sp³-hybridized carbons (Fsp3) is 0.200. The van der Waals surface area contributed by atoms with Crippen LogP contribution in [-0.4, -0.2) is 10.9 Å². The number of carbonyl (C=O) groups is 1. The van der Waals surface area contributed by atoms with Crippen molar-refractivity contribution in [2.75, 3.05) is 0 Å². The second-order valence-corrected chi connectivity index (χ2v) is 7.28. The van der Waals surface area contributed by atoms with Crippen molar-refractivity contribution in [2.24, 2.45) is 0 Å². The van der Waals surface area contributed by atoms with Crippen LogP contribution in [-0.2, 0) is 16.8 Å². The SMILES string of the molecule is O=C(NCc1cncc(-c2cccs2)c1)C1(c2ccc(F)cc2)CC1. The normalized spacial score (nSPS) is 14.9. The van der Waals surface area contributed by atoms with Crippen LogP contribution in [0.4, 0.5) is 4.39 Å². The number of halogens is 1. The molecule has 1 N–H and O–H groups in total. The maximum Gasteiger partial charge on any atom is 0.230 e. The molecule has 4 rings (SSSR count). The molecule has 1 amide bonds. The van der Waals surface area contributed by atoms with Crippen LogP contribution in [0.1, 0.15) is 24.0 Å². The van der Waals surface area contributed by atoms with Gasteiger partial charge in [0.25, 0.3) is 0 Å². The zero-order valence-electron chi connectivity index (χ0n) is 13.5. The Balaban J connectivity index is 1.46. The number of benzene rings is 1. The Morgan fingerprint density at radius 1 is 1.20 bits per heavy atom. The minimum absolute atomic E-state index is 0.000588. The molecule has 0 spiro atoms. The second-order valence-electron chi connectivity index (χ2n) is 6.33. The highest BCUT2D eigenvalue weighted by molar-refractivity contribution is 7.13. The van der Waals surface area contributed by atoms with E-state index in [0.29, 0.717) is 6.54 Å². The van der Waals surface area contributed by atoms with E-state index in [0.717, 1.165) is 34.4 Å². The number of hydrogen-bond acceptors (Lipinski definition) is 3. The molecule has 1 aliphatic rings. The smallest absolute Gasteiger partial charge is 0.230 e. The standard InChI is InChI=1S/C20H17FN2OS/c21-17-5-3-16(4-6-17)20(7-8-20)19(24)23-12-14-10-15(13-22-11-14)18-2-1-9-25-18/h1-6,9-11,13H,7-8,12H2,(H,23,24). The van der Waals surface area contributed by atoms with Crippen LogP contribution < -0.4 is 5.32 Å². The molecule has 0 saturated heterocycles. The minimum Gasteiger partial charge on any atom is -0.351 e. The van der Waals surface area contributed by atoms with Crippen molar-refractivity contribution in [3.05, 3.63) is 77.2 Å². The molecule has 5 heteroatoms. The Labute approximate surface area is 149 Å². The van der Waals surface area contributed by atoms with Crippen LogP contribution in [0.5, 0.6) is 0 Å². The maximum atomic E-state index is 13.1. The number of aromatic nitrogens is 1. The number of thiophene rings is 1. The van der Waals surface area contributed by atoms with Crippen molar-refractivity contribution in [3.63, 3.8) is 0 Å². The van der Waals surface area contributed by atoms with Gasteiger partial charge in [0.05, 0.1) is 5.41 Å². The average molecular weight is 352 g/mol. The van der Waals surface area contributed by atoms with Crippen molar-refractivity contribution in [2.45, 2.75) is 24.8 Å². The molecule has 25 heavy (non-hydrogen) atoms. The van der Waals surface area contributed by atoms with Gasteiger partial charge in [-0.3, -0.25) is 9.78 Å². The van der Waals surface area contributed by atoms with Gasteiger partial charge < -0.3 is 5.32 Å². The first-order chi connectivity index (χ1) is 12.2. The molecule has 2 heterocycles. The number of nitrogens with zero attached hydrogens (tertiary/aromatic N) is 1. The van der Waals surface area contributed by atoms with Crippen molar-refractivity contribution < 1.29 is 9.18 Å². The molecule has 1 fully saturated rings. The molecule has 0 unspecified atom stereocenters. The first-order valence-corrected chi connectivity index (χ1v) is 9.07. The highest BCUT2D eigenvalue weighted by atomic mass is 32.1. The Hall–Kier alpha value is -2.53. The Morgan fingerprint density at radius 3 is 2.68 bits per heavy atom. The van der Waals surface area contributed by atoms with Gasteiger partial charge in [0.15, 0.2) is 0 Å². The third kappa shape index (κ3) is 3.20. The quantitative estimate of drug-likeness (QED) is 0.744. The molecular formula is C20H17FN2OS. The predicted molar refractivity (Wildman–Crippen MR) is 96.7 cm³/mol. The number of pyridine rings is 1. The third-order valence-corrected chi connectivity index (χ3v) is 5.55. The summed E-state index contributed by atoms with van der Waals surface area (Å²) in [5.74, 6) is -0.281. The maximum absolute atomic E-state index is 13.1. The monoisotopic (exact) mass is 352 g/mol. The summed E-state index contributed by atoms with van der Waals surface area (Å²) in [5.41, 5.74) is 2.42. The predicted octanol–water partition coefficient (Wildman–Crippen LogP) is 4.30. The summed E-state index contributed by atoms with van der Waals surface area (Å²) in [6.07, 6.45) is 5.21. The number of amides is 1. The summed E-state index contributed by atoms with van der Waals surface area (Å²) < 4.78 is 13.1. The van der Waals surface area contributed by atoms with E-state index in [4.69, 9.17) is 0 Å². The largest absolute Gasteiger partial charge is 0.351 e. The lowest BCUT2D eigenvalue weighted by molar-refractivity contribution is -0.123. The van der Waals surface area contributed by atoms with Crippen molar-refractivity contribution in [1.82, 2.24) is 10.3 Å². The van der Waals surface area contributed by atoms with E-state index in [2.05, 4.69) is 22.4 Å². The average Bonchev–Trinajstić information content (AvgIpc) is 3.26. The van der Waals surface area contributed by atoms with Crippen LogP contribution in [0.25, 0.3) is 10.4 Å². The van der Waals surface area contributed by atoms with E-state index in [9.17, 15) is 9.18 Å². The van der Waals surface area contributed by atoms with E-state index in [1.807, 2.05) is 17.6 Å². The topological polar surface area (TPSA) is 42.0 Å². The molecule has 0 atom stereocenters. The van der Waals surface area contributed by atoms with Gasteiger partial charge >= 0.3 is 0 Å². The molecule has 1 saturated carbocycles. The van der Waals surface area contributed by atoms with Crippen molar-refractivity contribution >= 4 is 17.2 Å². The third-order valence-electron chi connectivity index (χ3n) is 4.64. The van der Waals surface area contributed by atoms with E-state index < -0.39 is 5.41 Å². The zero-order chi connectivity index (χ0) is 17.3. The molecule has 0 radical (unpaired) electrons. The van der Waals surface area contributed by atoms with Crippen molar-refractivity contribution in [1.29, 1.82) is 0 Å². The molecule has 1 aromatic carbocycles. The van der Waals surface area contributed by atoms with Crippen molar-refractivity contribution in [3.8, 4) is 10.4 Å².